The van der Waals surface area contributed by atoms with Crippen molar-refractivity contribution in [2.45, 2.75) is 0 Å². The molecule has 0 aliphatic heterocycles. The number of amidine groups is 1. The van der Waals surface area contributed by atoms with E-state index in [0.29, 0.717) is 0 Å². The number of nitriles is 3. The van der Waals surface area contributed by atoms with Crippen molar-refractivity contribution < 1.29 is 0 Å². The minimum atomic E-state index is -1.11. The van der Waals surface area contributed by atoms with Gasteiger partial charge in [-0.15, -0.1) is 0 Å². The molecule has 0 aromatic rings. The summed E-state index contributed by atoms with van der Waals surface area (Å²) in [5.41, 5.74) is 5.03. The molecule has 0 aliphatic carbocycles. The summed E-state index contributed by atoms with van der Waals surface area (Å²) in [5, 5.41) is 24.3. The number of hydrogen-bond donors (Lipinski definition) is 1. The van der Waals surface area contributed by atoms with Crippen molar-refractivity contribution in [1.82, 2.24) is 0 Å². The van der Waals surface area contributed by atoms with Crippen LogP contribution in [-0.2, 0) is 0 Å². The van der Waals surface area contributed by atoms with Crippen molar-refractivity contribution in [3.63, 3.8) is 0 Å². The van der Waals surface area contributed by atoms with Crippen LogP contribution in [-0.4, -0.2) is 5.84 Å². The molecule has 0 unspecified atom stereocenters. The molecule has 0 heterocycles. The Balaban J connectivity index is 4.42. The second-order valence-corrected chi connectivity index (χ2v) is 1.33. The summed E-state index contributed by atoms with van der Waals surface area (Å²) in [7, 11) is 0. The van der Waals surface area contributed by atoms with E-state index < -0.39 is 5.92 Å². The predicted molar refractivity (Wildman–Crippen MR) is 32.0 cm³/mol. The second-order valence-electron chi connectivity index (χ2n) is 1.33. The highest BCUT2D eigenvalue weighted by Gasteiger charge is 2.09. The van der Waals surface area contributed by atoms with Gasteiger partial charge in [-0.25, -0.2) is 0 Å². The van der Waals surface area contributed by atoms with Crippen LogP contribution in [0.4, 0.5) is 0 Å². The Morgan fingerprint density at radius 2 is 1.80 bits per heavy atom. The van der Waals surface area contributed by atoms with E-state index in [2.05, 4.69) is 4.99 Å². The molecule has 0 saturated heterocycles. The third kappa shape index (κ3) is 1.81. The summed E-state index contributed by atoms with van der Waals surface area (Å²) >= 11 is 0. The molecule has 0 rings (SSSR count). The molecule has 0 fully saturated rings. The van der Waals surface area contributed by atoms with Crippen molar-refractivity contribution in [3.05, 3.63) is 0 Å². The Bertz CT molecular complexity index is 243. The fourth-order valence-electron chi connectivity index (χ4n) is 0.283. The molecule has 0 saturated carbocycles. The lowest BCUT2D eigenvalue weighted by atomic mass is 10.2. The van der Waals surface area contributed by atoms with Crippen LogP contribution in [0, 0.1) is 40.0 Å². The molecule has 0 aromatic carbocycles. The van der Waals surface area contributed by atoms with Crippen molar-refractivity contribution in [2.24, 2.45) is 16.6 Å². The Labute approximate surface area is 57.6 Å². The lowest BCUT2D eigenvalue weighted by Crippen LogP contribution is -2.20. The normalized spacial score (nSPS) is 9.60. The van der Waals surface area contributed by atoms with E-state index in [-0.39, 0.29) is 5.84 Å². The highest BCUT2D eigenvalue weighted by molar-refractivity contribution is 5.88. The fourth-order valence-corrected chi connectivity index (χ4v) is 0.283. The van der Waals surface area contributed by atoms with Gasteiger partial charge in [0.2, 0.25) is 6.19 Å². The second kappa shape index (κ2) is 3.88. The van der Waals surface area contributed by atoms with Crippen LogP contribution in [0.1, 0.15) is 0 Å². The first-order valence-corrected chi connectivity index (χ1v) is 2.27. The molecule has 0 spiro atoms. The van der Waals surface area contributed by atoms with Crippen LogP contribution in [0.3, 0.4) is 0 Å². The SMILES string of the molecule is N#CN=C(N)C(C#N)C#N. The van der Waals surface area contributed by atoms with Crippen molar-refractivity contribution in [2.75, 3.05) is 0 Å². The quantitative estimate of drug-likeness (QED) is 0.295. The van der Waals surface area contributed by atoms with E-state index >= 15 is 0 Å². The van der Waals surface area contributed by atoms with Gasteiger partial charge in [-0.05, 0) is 0 Å². The third-order valence-corrected chi connectivity index (χ3v) is 0.733. The molecular formula is C5H3N5. The summed E-state index contributed by atoms with van der Waals surface area (Å²) in [6, 6.07) is 3.14. The summed E-state index contributed by atoms with van der Waals surface area (Å²) in [6.07, 6.45) is 1.38. The smallest absolute Gasteiger partial charge is 0.207 e. The zero-order valence-electron chi connectivity index (χ0n) is 4.94. The van der Waals surface area contributed by atoms with Gasteiger partial charge >= 0.3 is 0 Å². The lowest BCUT2D eigenvalue weighted by molar-refractivity contribution is 1.12. The van der Waals surface area contributed by atoms with Gasteiger partial charge in [0.05, 0.1) is 12.1 Å². The van der Waals surface area contributed by atoms with E-state index in [0.717, 1.165) is 0 Å². The Morgan fingerprint density at radius 3 is 2.10 bits per heavy atom. The van der Waals surface area contributed by atoms with Crippen LogP contribution < -0.4 is 5.73 Å². The zero-order valence-corrected chi connectivity index (χ0v) is 4.94. The molecule has 48 valence electrons. The number of hydrogen-bond acceptors (Lipinski definition) is 4. The molecule has 2 N–H and O–H groups in total. The fraction of sp³-hybridized carbons (Fsp3) is 0.200. The maximum Gasteiger partial charge on any atom is 0.207 e. The molecule has 0 amide bonds. The maximum absolute atomic E-state index is 8.18. The lowest BCUT2D eigenvalue weighted by Gasteiger charge is -1.91. The highest BCUT2D eigenvalue weighted by atomic mass is 14.9. The van der Waals surface area contributed by atoms with Crippen LogP contribution in [0.15, 0.2) is 4.99 Å². The molecule has 0 atom stereocenters. The van der Waals surface area contributed by atoms with Crippen molar-refractivity contribution >= 4 is 5.84 Å². The zero-order chi connectivity index (χ0) is 7.98. The van der Waals surface area contributed by atoms with Crippen molar-refractivity contribution in [1.29, 1.82) is 15.8 Å². The first-order valence-electron chi connectivity index (χ1n) is 2.27. The molecule has 10 heavy (non-hydrogen) atoms. The summed E-state index contributed by atoms with van der Waals surface area (Å²) in [4.78, 5) is 3.02. The van der Waals surface area contributed by atoms with Gasteiger partial charge in [-0.3, -0.25) is 0 Å². The summed E-state index contributed by atoms with van der Waals surface area (Å²) < 4.78 is 0. The van der Waals surface area contributed by atoms with E-state index in [4.69, 9.17) is 21.5 Å². The largest absolute Gasteiger partial charge is 0.384 e. The summed E-state index contributed by atoms with van der Waals surface area (Å²) in [6.45, 7) is 0. The van der Waals surface area contributed by atoms with E-state index in [1.807, 2.05) is 0 Å². The Kier molecular flexibility index (Phi) is 3.08. The number of rotatable bonds is 1. The van der Waals surface area contributed by atoms with E-state index in [1.165, 1.54) is 6.19 Å². The molecule has 0 aliphatic rings. The van der Waals surface area contributed by atoms with Gasteiger partial charge in [0.15, 0.2) is 5.92 Å². The van der Waals surface area contributed by atoms with Crippen LogP contribution in [0.2, 0.25) is 0 Å². The average molecular weight is 133 g/mol. The molecule has 0 radical (unpaired) electrons. The first kappa shape index (κ1) is 7.94. The number of nitrogens with two attached hydrogens (primary N) is 1. The standard InChI is InChI=1S/C5H3N5/c6-1-4(2-7)5(9)10-3-8/h4H,(H2,9,10). The van der Waals surface area contributed by atoms with Crippen molar-refractivity contribution in [3.8, 4) is 18.3 Å². The minimum Gasteiger partial charge on any atom is -0.384 e. The van der Waals surface area contributed by atoms with Gasteiger partial charge in [0.1, 0.15) is 5.84 Å². The minimum absolute atomic E-state index is 0.257. The number of aliphatic imine (C=N–C) groups is 1. The predicted octanol–water partition coefficient (Wildman–Crippen LogP) is -0.512. The van der Waals surface area contributed by atoms with Crippen LogP contribution in [0.25, 0.3) is 0 Å². The average Bonchev–Trinajstić information content (AvgIpc) is 1.91. The topological polar surface area (TPSA) is 110 Å². The molecular weight excluding hydrogens is 130 g/mol. The Hall–Kier alpha value is -2.06. The van der Waals surface area contributed by atoms with E-state index in [1.54, 1.807) is 12.1 Å². The van der Waals surface area contributed by atoms with Crippen LogP contribution in [0.5, 0.6) is 0 Å². The monoisotopic (exact) mass is 133 g/mol. The maximum atomic E-state index is 8.18. The summed E-state index contributed by atoms with van der Waals surface area (Å²) in [5.74, 6) is -1.37. The molecule has 0 bridgehead atoms. The molecule has 5 nitrogen and oxygen atoms in total. The van der Waals surface area contributed by atoms with Gasteiger partial charge in [-0.1, -0.05) is 0 Å². The van der Waals surface area contributed by atoms with E-state index in [9.17, 15) is 0 Å². The van der Waals surface area contributed by atoms with Gasteiger partial charge in [0, 0.05) is 0 Å². The molecule has 0 aromatic heterocycles. The van der Waals surface area contributed by atoms with Gasteiger partial charge < -0.3 is 5.73 Å². The van der Waals surface area contributed by atoms with Crippen LogP contribution >= 0.6 is 0 Å². The Morgan fingerprint density at radius 1 is 1.30 bits per heavy atom. The van der Waals surface area contributed by atoms with Gasteiger partial charge in [-0.2, -0.15) is 20.8 Å². The van der Waals surface area contributed by atoms with Gasteiger partial charge in [0.25, 0.3) is 0 Å². The number of nitrogens with zero attached hydrogens (tertiary/aromatic N) is 4. The third-order valence-electron chi connectivity index (χ3n) is 0.733. The first-order chi connectivity index (χ1) is 4.76. The highest BCUT2D eigenvalue weighted by Crippen LogP contribution is 1.90. The molecule has 5 heteroatoms.